The van der Waals surface area contributed by atoms with Crippen molar-refractivity contribution in [2.45, 2.75) is 13.8 Å². The van der Waals surface area contributed by atoms with Crippen molar-refractivity contribution in [2.75, 3.05) is 6.61 Å². The van der Waals surface area contributed by atoms with Gasteiger partial charge >= 0.3 is 5.69 Å². The Balaban J connectivity index is 2.04. The molecule has 23 heavy (non-hydrogen) atoms. The normalized spacial score (nSPS) is 11.4. The van der Waals surface area contributed by atoms with Crippen LogP contribution in [-0.2, 0) is 0 Å². The summed E-state index contributed by atoms with van der Waals surface area (Å²) in [7, 11) is 0. The number of pyridine rings is 1. The summed E-state index contributed by atoms with van der Waals surface area (Å²) < 4.78 is 12.7. The molecule has 6 nitrogen and oxygen atoms in total. The van der Waals surface area contributed by atoms with Gasteiger partial charge < -0.3 is 9.15 Å². The number of furan rings is 1. The summed E-state index contributed by atoms with van der Waals surface area (Å²) in [5.41, 5.74) is 3.46. The number of aromatic nitrogens is 3. The third-order valence-corrected chi connectivity index (χ3v) is 3.85. The fourth-order valence-corrected chi connectivity index (χ4v) is 2.80. The van der Waals surface area contributed by atoms with E-state index >= 15 is 0 Å². The van der Waals surface area contributed by atoms with Crippen LogP contribution in [0.3, 0.4) is 0 Å². The van der Waals surface area contributed by atoms with Gasteiger partial charge in [-0.1, -0.05) is 0 Å². The minimum atomic E-state index is -0.250. The molecule has 0 atom stereocenters. The molecule has 116 valence electrons. The zero-order valence-corrected chi connectivity index (χ0v) is 12.8. The number of rotatable bonds is 3. The lowest BCUT2D eigenvalue weighted by Gasteiger charge is -2.08. The van der Waals surface area contributed by atoms with Crippen molar-refractivity contribution in [3.05, 3.63) is 52.8 Å². The number of ether oxygens (including phenoxy) is 1. The van der Waals surface area contributed by atoms with E-state index in [4.69, 9.17) is 9.15 Å². The van der Waals surface area contributed by atoms with Crippen molar-refractivity contribution in [1.82, 2.24) is 14.5 Å². The third kappa shape index (κ3) is 2.03. The number of aryl methyl sites for hydroxylation is 1. The Morgan fingerprint density at radius 3 is 3.04 bits per heavy atom. The summed E-state index contributed by atoms with van der Waals surface area (Å²) >= 11 is 0. The van der Waals surface area contributed by atoms with E-state index in [0.29, 0.717) is 23.5 Å². The molecule has 0 bridgehead atoms. The Bertz CT molecular complexity index is 1070. The predicted molar refractivity (Wildman–Crippen MR) is 87.4 cm³/mol. The van der Waals surface area contributed by atoms with Crippen molar-refractivity contribution in [1.29, 1.82) is 0 Å². The first-order valence-corrected chi connectivity index (χ1v) is 7.40. The van der Waals surface area contributed by atoms with E-state index in [1.807, 2.05) is 32.0 Å². The smallest absolute Gasteiger partial charge is 0.332 e. The summed E-state index contributed by atoms with van der Waals surface area (Å²) in [5.74, 6) is 0.625. The molecule has 0 fully saturated rings. The molecule has 0 radical (unpaired) electrons. The zero-order valence-electron chi connectivity index (χ0n) is 12.8. The largest absolute Gasteiger partial charge is 0.491 e. The fourth-order valence-electron chi connectivity index (χ4n) is 2.80. The molecule has 0 unspecified atom stereocenters. The molecule has 4 rings (SSSR count). The maximum Gasteiger partial charge on any atom is 0.332 e. The van der Waals surface area contributed by atoms with Gasteiger partial charge in [0.05, 0.1) is 18.6 Å². The number of nitrogens with one attached hydrogen (secondary N) is 1. The number of benzene rings is 1. The number of H-pyrrole nitrogens is 1. The van der Waals surface area contributed by atoms with Crippen molar-refractivity contribution in [3.63, 3.8) is 0 Å². The lowest BCUT2D eigenvalue weighted by molar-refractivity contribution is 0.343. The molecule has 1 N–H and O–H groups in total. The van der Waals surface area contributed by atoms with Crippen molar-refractivity contribution in [3.8, 4) is 11.4 Å². The highest BCUT2D eigenvalue weighted by atomic mass is 16.5. The molecule has 0 saturated carbocycles. The second-order valence-electron chi connectivity index (χ2n) is 5.30. The minimum absolute atomic E-state index is 0.250. The highest BCUT2D eigenvalue weighted by Gasteiger charge is 2.15. The molecular weight excluding hydrogens is 294 g/mol. The second-order valence-corrected chi connectivity index (χ2v) is 5.30. The lowest BCUT2D eigenvalue weighted by atomic mass is 10.2. The first-order chi connectivity index (χ1) is 11.2. The van der Waals surface area contributed by atoms with Crippen LogP contribution in [0.5, 0.6) is 5.75 Å². The molecular formula is C17H15N3O3. The lowest BCUT2D eigenvalue weighted by Crippen LogP contribution is -2.14. The van der Waals surface area contributed by atoms with E-state index in [0.717, 1.165) is 22.2 Å². The molecule has 0 aliphatic rings. The van der Waals surface area contributed by atoms with Gasteiger partial charge in [0.25, 0.3) is 0 Å². The van der Waals surface area contributed by atoms with Crippen molar-refractivity contribution in [2.24, 2.45) is 0 Å². The standard InChI is InChI=1S/C17H15N3O3/c1-3-22-14-6-7-18-16-15(14)20(17(21)19-16)11-4-5-13-12(8-11)10(2)9-23-13/h4-9H,3H2,1-2H3,(H,18,19,21). The van der Waals surface area contributed by atoms with Gasteiger partial charge in [-0.25, -0.2) is 9.78 Å². The molecule has 3 aromatic heterocycles. The predicted octanol–water partition coefficient (Wildman–Crippen LogP) is 3.17. The van der Waals surface area contributed by atoms with Gasteiger partial charge in [-0.3, -0.25) is 9.55 Å². The zero-order chi connectivity index (χ0) is 16.0. The summed E-state index contributed by atoms with van der Waals surface area (Å²) in [6, 6.07) is 7.41. The molecule has 1 aromatic carbocycles. The number of aromatic amines is 1. The first-order valence-electron chi connectivity index (χ1n) is 7.40. The van der Waals surface area contributed by atoms with Crippen LogP contribution in [-0.4, -0.2) is 21.1 Å². The molecule has 0 aliphatic heterocycles. The maximum absolute atomic E-state index is 12.4. The number of imidazole rings is 1. The average Bonchev–Trinajstić information content (AvgIpc) is 3.08. The maximum atomic E-state index is 12.4. The Morgan fingerprint density at radius 1 is 1.35 bits per heavy atom. The van der Waals surface area contributed by atoms with Crippen molar-refractivity contribution < 1.29 is 9.15 Å². The van der Waals surface area contributed by atoms with Crippen LogP contribution >= 0.6 is 0 Å². The van der Waals surface area contributed by atoms with Gasteiger partial charge in [-0.15, -0.1) is 0 Å². The van der Waals surface area contributed by atoms with E-state index < -0.39 is 0 Å². The van der Waals surface area contributed by atoms with Crippen LogP contribution < -0.4 is 10.4 Å². The van der Waals surface area contributed by atoms with Crippen LogP contribution in [0.15, 0.2) is 45.9 Å². The van der Waals surface area contributed by atoms with Gasteiger partial charge in [-0.2, -0.15) is 0 Å². The highest BCUT2D eigenvalue weighted by molar-refractivity contribution is 5.85. The molecule has 0 saturated heterocycles. The second kappa shape index (κ2) is 5.01. The number of fused-ring (bicyclic) bond motifs is 2. The van der Waals surface area contributed by atoms with Gasteiger partial charge in [0.2, 0.25) is 0 Å². The summed E-state index contributed by atoms with van der Waals surface area (Å²) in [6.07, 6.45) is 3.33. The van der Waals surface area contributed by atoms with E-state index in [9.17, 15) is 4.79 Å². The molecule has 0 amide bonds. The number of nitrogens with zero attached hydrogens (tertiary/aromatic N) is 2. The molecule has 0 spiro atoms. The summed E-state index contributed by atoms with van der Waals surface area (Å²) in [5, 5.41) is 0.977. The van der Waals surface area contributed by atoms with E-state index in [1.165, 1.54) is 0 Å². The van der Waals surface area contributed by atoms with E-state index in [1.54, 1.807) is 23.1 Å². The van der Waals surface area contributed by atoms with Crippen LogP contribution in [0.4, 0.5) is 0 Å². The quantitative estimate of drug-likeness (QED) is 0.631. The monoisotopic (exact) mass is 309 g/mol. The summed E-state index contributed by atoms with van der Waals surface area (Å²) in [4.78, 5) is 19.4. The average molecular weight is 309 g/mol. The number of hydrogen-bond acceptors (Lipinski definition) is 4. The highest BCUT2D eigenvalue weighted by Crippen LogP contribution is 2.27. The van der Waals surface area contributed by atoms with E-state index in [2.05, 4.69) is 9.97 Å². The first kappa shape index (κ1) is 13.6. The van der Waals surface area contributed by atoms with Crippen molar-refractivity contribution >= 4 is 22.1 Å². The molecule has 3 heterocycles. The van der Waals surface area contributed by atoms with Crippen LogP contribution in [0, 0.1) is 6.92 Å². The van der Waals surface area contributed by atoms with Gasteiger partial charge in [-0.05, 0) is 37.6 Å². The van der Waals surface area contributed by atoms with Gasteiger partial charge in [0, 0.05) is 17.6 Å². The van der Waals surface area contributed by atoms with Gasteiger partial charge in [0.15, 0.2) is 5.65 Å². The van der Waals surface area contributed by atoms with Crippen LogP contribution in [0.2, 0.25) is 0 Å². The molecule has 4 aromatic rings. The van der Waals surface area contributed by atoms with Crippen LogP contribution in [0.1, 0.15) is 12.5 Å². The van der Waals surface area contributed by atoms with E-state index in [-0.39, 0.29) is 5.69 Å². The summed E-state index contributed by atoms with van der Waals surface area (Å²) in [6.45, 7) is 4.39. The number of hydrogen-bond donors (Lipinski definition) is 1. The Kier molecular flexibility index (Phi) is 2.97. The van der Waals surface area contributed by atoms with Gasteiger partial charge in [0.1, 0.15) is 16.8 Å². The minimum Gasteiger partial charge on any atom is -0.491 e. The SMILES string of the molecule is CCOc1ccnc2[nH]c(=O)n(-c3ccc4occ(C)c4c3)c12. The molecule has 0 aliphatic carbocycles. The Morgan fingerprint density at radius 2 is 2.22 bits per heavy atom. The Labute approximate surface area is 131 Å². The fraction of sp³-hybridized carbons (Fsp3) is 0.176. The topological polar surface area (TPSA) is 73.0 Å². The van der Waals surface area contributed by atoms with Crippen LogP contribution in [0.25, 0.3) is 27.8 Å². The Hall–Kier alpha value is -3.02. The third-order valence-electron chi connectivity index (χ3n) is 3.85. The molecule has 6 heteroatoms.